The van der Waals surface area contributed by atoms with Gasteiger partial charge in [-0.05, 0) is 29.9 Å². The molecule has 1 rings (SSSR count). The lowest BCUT2D eigenvalue weighted by molar-refractivity contribution is 0.641. The Morgan fingerprint density at radius 2 is 1.92 bits per heavy atom. The fraction of sp³-hybridized carbons (Fsp3) is 0.500. The molecule has 1 aromatic rings. The lowest BCUT2D eigenvalue weighted by Gasteiger charge is -2.13. The van der Waals surface area contributed by atoms with Crippen LogP contribution in [0.25, 0.3) is 0 Å². The maximum absolute atomic E-state index is 3.48. The molecule has 0 unspecified atom stereocenters. The van der Waals surface area contributed by atoms with Crippen LogP contribution in [0.5, 0.6) is 0 Å². The van der Waals surface area contributed by atoms with Crippen molar-refractivity contribution in [3.05, 3.63) is 35.4 Å². The summed E-state index contributed by atoms with van der Waals surface area (Å²) in [4.78, 5) is 0. The smallest absolute Gasteiger partial charge is 0.0283 e. The van der Waals surface area contributed by atoms with Crippen LogP contribution < -0.4 is 0 Å². The second-order valence-electron chi connectivity index (χ2n) is 3.39. The highest BCUT2D eigenvalue weighted by molar-refractivity contribution is 9.08. The summed E-state index contributed by atoms with van der Waals surface area (Å²) in [6.07, 6.45) is 2.48. The minimum atomic E-state index is 0.735. The van der Waals surface area contributed by atoms with E-state index in [1.807, 2.05) is 0 Å². The minimum Gasteiger partial charge on any atom is -0.0876 e. The zero-order valence-electron chi connectivity index (χ0n) is 8.39. The van der Waals surface area contributed by atoms with Gasteiger partial charge < -0.3 is 0 Å². The highest BCUT2D eigenvalue weighted by atomic mass is 79.9. The summed E-state index contributed by atoms with van der Waals surface area (Å²) in [7, 11) is 0. The third kappa shape index (κ3) is 2.84. The van der Waals surface area contributed by atoms with Crippen molar-refractivity contribution in [2.24, 2.45) is 0 Å². The first-order valence-corrected chi connectivity index (χ1v) is 6.08. The third-order valence-electron chi connectivity index (χ3n) is 2.56. The Balaban J connectivity index is 2.86. The van der Waals surface area contributed by atoms with Gasteiger partial charge in [0.25, 0.3) is 0 Å². The van der Waals surface area contributed by atoms with Gasteiger partial charge >= 0.3 is 0 Å². The second-order valence-corrected chi connectivity index (χ2v) is 3.95. The molecule has 0 atom stereocenters. The van der Waals surface area contributed by atoms with Crippen molar-refractivity contribution in [3.63, 3.8) is 0 Å². The summed E-state index contributed by atoms with van der Waals surface area (Å²) in [5.41, 5.74) is 2.87. The molecule has 1 aromatic carbocycles. The molecule has 0 radical (unpaired) electrons. The van der Waals surface area contributed by atoms with E-state index in [2.05, 4.69) is 54.0 Å². The fourth-order valence-electron chi connectivity index (χ4n) is 1.69. The predicted molar refractivity (Wildman–Crippen MR) is 62.4 cm³/mol. The van der Waals surface area contributed by atoms with Crippen LogP contribution in [0.4, 0.5) is 0 Å². The molecule has 1 heteroatoms. The van der Waals surface area contributed by atoms with E-state index in [9.17, 15) is 0 Å². The van der Waals surface area contributed by atoms with Crippen molar-refractivity contribution in [1.29, 1.82) is 0 Å². The van der Waals surface area contributed by atoms with Gasteiger partial charge in [0.2, 0.25) is 0 Å². The van der Waals surface area contributed by atoms with Gasteiger partial charge in [-0.3, -0.25) is 0 Å². The van der Waals surface area contributed by atoms with E-state index in [0.29, 0.717) is 0 Å². The molecular weight excluding hydrogens is 224 g/mol. The Morgan fingerprint density at radius 3 is 2.46 bits per heavy atom. The van der Waals surface area contributed by atoms with Crippen molar-refractivity contribution < 1.29 is 0 Å². The Hall–Kier alpha value is -0.300. The van der Waals surface area contributed by atoms with Crippen LogP contribution >= 0.6 is 15.9 Å². The first kappa shape index (κ1) is 10.8. The van der Waals surface area contributed by atoms with E-state index in [1.54, 1.807) is 0 Å². The topological polar surface area (TPSA) is 0 Å². The van der Waals surface area contributed by atoms with E-state index >= 15 is 0 Å². The van der Waals surface area contributed by atoms with E-state index in [1.165, 1.54) is 24.0 Å². The molecule has 0 aliphatic heterocycles. The van der Waals surface area contributed by atoms with Crippen LogP contribution in [0.3, 0.4) is 0 Å². The summed E-state index contributed by atoms with van der Waals surface area (Å²) in [6, 6.07) is 8.88. The van der Waals surface area contributed by atoms with Crippen molar-refractivity contribution in [2.75, 3.05) is 0 Å². The number of benzene rings is 1. The normalized spacial score (nSPS) is 10.8. The summed E-state index contributed by atoms with van der Waals surface area (Å²) in [5.74, 6) is 0.735. The van der Waals surface area contributed by atoms with Gasteiger partial charge in [0, 0.05) is 5.33 Å². The van der Waals surface area contributed by atoms with Crippen molar-refractivity contribution >= 4 is 15.9 Å². The van der Waals surface area contributed by atoms with Crippen LogP contribution in [0.15, 0.2) is 24.3 Å². The quantitative estimate of drug-likeness (QED) is 0.681. The highest BCUT2D eigenvalue weighted by Gasteiger charge is 2.06. The highest BCUT2D eigenvalue weighted by Crippen LogP contribution is 2.24. The van der Waals surface area contributed by atoms with Crippen LogP contribution in [0.1, 0.15) is 43.7 Å². The molecule has 0 fully saturated rings. The fourth-order valence-corrected chi connectivity index (χ4v) is 2.04. The molecular formula is C12H17Br. The standard InChI is InChI=1S/C12H17Br/c1-3-11(4-2)12-7-5-6-10(8-12)9-13/h5-8,11H,3-4,9H2,1-2H3. The van der Waals surface area contributed by atoms with Gasteiger partial charge in [0.05, 0.1) is 0 Å². The van der Waals surface area contributed by atoms with E-state index in [0.717, 1.165) is 11.2 Å². The Labute approximate surface area is 89.5 Å². The molecule has 0 saturated heterocycles. The Morgan fingerprint density at radius 1 is 1.23 bits per heavy atom. The maximum atomic E-state index is 3.48. The summed E-state index contributed by atoms with van der Waals surface area (Å²) >= 11 is 3.48. The zero-order valence-corrected chi connectivity index (χ0v) is 9.97. The van der Waals surface area contributed by atoms with Crippen LogP contribution in [-0.4, -0.2) is 0 Å². The molecule has 0 heterocycles. The minimum absolute atomic E-state index is 0.735. The molecule has 0 bridgehead atoms. The van der Waals surface area contributed by atoms with Crippen molar-refractivity contribution in [2.45, 2.75) is 37.9 Å². The lowest BCUT2D eigenvalue weighted by atomic mass is 9.93. The van der Waals surface area contributed by atoms with Gasteiger partial charge in [-0.25, -0.2) is 0 Å². The molecule has 0 spiro atoms. The number of hydrogen-bond acceptors (Lipinski definition) is 0. The van der Waals surface area contributed by atoms with E-state index in [-0.39, 0.29) is 0 Å². The Kier molecular flexibility index (Phi) is 4.51. The summed E-state index contributed by atoms with van der Waals surface area (Å²) in [5, 5.41) is 0.959. The van der Waals surface area contributed by atoms with Gasteiger partial charge in [-0.2, -0.15) is 0 Å². The van der Waals surface area contributed by atoms with E-state index < -0.39 is 0 Å². The zero-order chi connectivity index (χ0) is 9.68. The van der Waals surface area contributed by atoms with Crippen molar-refractivity contribution in [3.8, 4) is 0 Å². The Bertz CT molecular complexity index is 251. The number of alkyl halides is 1. The average Bonchev–Trinajstić information content (AvgIpc) is 2.20. The van der Waals surface area contributed by atoms with Gasteiger partial charge in [0.1, 0.15) is 0 Å². The average molecular weight is 241 g/mol. The molecule has 0 aliphatic carbocycles. The number of halogens is 1. The van der Waals surface area contributed by atoms with Crippen LogP contribution in [0.2, 0.25) is 0 Å². The van der Waals surface area contributed by atoms with E-state index in [4.69, 9.17) is 0 Å². The maximum Gasteiger partial charge on any atom is 0.0283 e. The van der Waals surface area contributed by atoms with Crippen LogP contribution in [0, 0.1) is 0 Å². The number of hydrogen-bond donors (Lipinski definition) is 0. The molecule has 0 aliphatic rings. The first-order valence-electron chi connectivity index (χ1n) is 4.96. The monoisotopic (exact) mass is 240 g/mol. The van der Waals surface area contributed by atoms with Gasteiger partial charge in [-0.1, -0.05) is 54.0 Å². The largest absolute Gasteiger partial charge is 0.0876 e. The summed E-state index contributed by atoms with van der Waals surface area (Å²) in [6.45, 7) is 4.52. The molecule has 0 saturated carbocycles. The number of rotatable bonds is 4. The second kappa shape index (κ2) is 5.43. The molecule has 0 nitrogen and oxygen atoms in total. The van der Waals surface area contributed by atoms with Gasteiger partial charge in [0.15, 0.2) is 0 Å². The van der Waals surface area contributed by atoms with Crippen molar-refractivity contribution in [1.82, 2.24) is 0 Å². The van der Waals surface area contributed by atoms with Gasteiger partial charge in [-0.15, -0.1) is 0 Å². The first-order chi connectivity index (χ1) is 6.31. The predicted octanol–water partition coefficient (Wildman–Crippen LogP) is 4.49. The molecule has 0 N–H and O–H groups in total. The summed E-state index contributed by atoms with van der Waals surface area (Å²) < 4.78 is 0. The lowest BCUT2D eigenvalue weighted by Crippen LogP contribution is -1.95. The molecule has 0 amide bonds. The SMILES string of the molecule is CCC(CC)c1cccc(CBr)c1. The van der Waals surface area contributed by atoms with Crippen LogP contribution in [-0.2, 0) is 5.33 Å². The molecule has 72 valence electrons. The third-order valence-corrected chi connectivity index (χ3v) is 3.21. The molecule has 0 aromatic heterocycles. The molecule has 13 heavy (non-hydrogen) atoms.